The molecule has 1 saturated heterocycles. The number of carbonyl (C=O) groups excluding carboxylic acids is 2. The zero-order valence-electron chi connectivity index (χ0n) is 19.3. The number of hydrogen-bond donors (Lipinski definition) is 0. The third kappa shape index (κ3) is 3.94. The minimum Gasteiger partial charge on any atom is -0.322 e. The molecule has 2 aromatic heterocycles. The van der Waals surface area contributed by atoms with Crippen LogP contribution in [0.4, 0.5) is 40.6 Å². The third-order valence-corrected chi connectivity index (χ3v) is 6.47. The molecule has 11 heteroatoms. The first-order chi connectivity index (χ1) is 17.1. The Morgan fingerprint density at radius 3 is 2.50 bits per heavy atom. The van der Waals surface area contributed by atoms with Gasteiger partial charge in [-0.1, -0.05) is 12.1 Å². The van der Waals surface area contributed by atoms with Crippen molar-refractivity contribution in [3.05, 3.63) is 71.8 Å². The zero-order chi connectivity index (χ0) is 25.8. The summed E-state index contributed by atoms with van der Waals surface area (Å²) in [6.45, 7) is 1.43. The Kier molecular flexibility index (Phi) is 5.65. The van der Waals surface area contributed by atoms with Crippen molar-refractivity contribution in [3.8, 4) is 0 Å². The van der Waals surface area contributed by atoms with Gasteiger partial charge in [0.25, 0.3) is 0 Å². The summed E-state index contributed by atoms with van der Waals surface area (Å²) >= 11 is 0. The fraction of sp³-hybridized carbons (Fsp3) is 0.280. The fourth-order valence-corrected chi connectivity index (χ4v) is 4.89. The molecule has 2 aliphatic rings. The average Bonchev–Trinajstić information content (AvgIpc) is 3.16. The highest BCUT2D eigenvalue weighted by molar-refractivity contribution is 6.10. The lowest BCUT2D eigenvalue weighted by molar-refractivity contribution is -0.137. The first-order valence-corrected chi connectivity index (χ1v) is 11.2. The van der Waals surface area contributed by atoms with Gasteiger partial charge < -0.3 is 9.80 Å². The standard InChI is InChI=1S/C25H21F4N5O2/c1-14-10-16(25(27,28)29)12-20(31-14)34-21(35)11-15-13-33(19-8-3-4-9-30-19)23-17(26)6-5-7-18(23)32(2)24(36)22(15)34/h3-10,12,15,22H,11,13H2,1-2H3/t15-,22+/m1/s1. The van der Waals surface area contributed by atoms with Crippen LogP contribution in [0.2, 0.25) is 0 Å². The molecule has 0 unspecified atom stereocenters. The average molecular weight is 499 g/mol. The van der Waals surface area contributed by atoms with Crippen LogP contribution in [-0.4, -0.2) is 41.4 Å². The van der Waals surface area contributed by atoms with E-state index in [0.717, 1.165) is 17.0 Å². The first-order valence-electron chi connectivity index (χ1n) is 11.2. The maximum Gasteiger partial charge on any atom is 0.416 e. The molecule has 3 aromatic rings. The molecule has 0 saturated carbocycles. The van der Waals surface area contributed by atoms with E-state index in [-0.39, 0.29) is 35.9 Å². The molecule has 7 nitrogen and oxygen atoms in total. The van der Waals surface area contributed by atoms with Crippen LogP contribution in [0.5, 0.6) is 0 Å². The molecule has 2 atom stereocenters. The van der Waals surface area contributed by atoms with Gasteiger partial charge in [0.1, 0.15) is 29.2 Å². The van der Waals surface area contributed by atoms with Crippen molar-refractivity contribution in [3.63, 3.8) is 0 Å². The van der Waals surface area contributed by atoms with Crippen LogP contribution in [0.15, 0.2) is 54.7 Å². The van der Waals surface area contributed by atoms with Crippen molar-refractivity contribution in [2.75, 3.05) is 28.3 Å². The van der Waals surface area contributed by atoms with Crippen LogP contribution in [0.1, 0.15) is 17.7 Å². The number of aryl methyl sites for hydroxylation is 1. The molecule has 1 aromatic carbocycles. The van der Waals surface area contributed by atoms with Gasteiger partial charge in [0, 0.05) is 37.8 Å². The Bertz CT molecular complexity index is 1350. The first kappa shape index (κ1) is 23.7. The molecule has 2 aliphatic heterocycles. The van der Waals surface area contributed by atoms with Crippen LogP contribution in [0, 0.1) is 18.7 Å². The molecule has 0 radical (unpaired) electrons. The number of nitrogens with zero attached hydrogens (tertiary/aromatic N) is 5. The zero-order valence-corrected chi connectivity index (χ0v) is 19.3. The quantitative estimate of drug-likeness (QED) is 0.487. The molecule has 1 fully saturated rings. The Morgan fingerprint density at radius 2 is 1.81 bits per heavy atom. The van der Waals surface area contributed by atoms with E-state index < -0.39 is 41.3 Å². The predicted octanol–water partition coefficient (Wildman–Crippen LogP) is 4.48. The van der Waals surface area contributed by atoms with E-state index in [0.29, 0.717) is 5.82 Å². The summed E-state index contributed by atoms with van der Waals surface area (Å²) in [5, 5.41) is 0. The van der Waals surface area contributed by atoms with Gasteiger partial charge in [-0.3, -0.25) is 14.5 Å². The molecule has 0 N–H and O–H groups in total. The number of halogens is 4. The Hall–Kier alpha value is -4.02. The number of hydrogen-bond acceptors (Lipinski definition) is 5. The number of rotatable bonds is 2. The van der Waals surface area contributed by atoms with Gasteiger partial charge in [0.05, 0.1) is 11.3 Å². The van der Waals surface area contributed by atoms with Crippen molar-refractivity contribution in [1.29, 1.82) is 0 Å². The maximum absolute atomic E-state index is 15.2. The normalized spacial score (nSPS) is 20.2. The van der Waals surface area contributed by atoms with Crippen molar-refractivity contribution >= 4 is 34.8 Å². The number of aromatic nitrogens is 2. The molecule has 0 aliphatic carbocycles. The summed E-state index contributed by atoms with van der Waals surface area (Å²) in [7, 11) is 1.45. The lowest BCUT2D eigenvalue weighted by Gasteiger charge is -2.38. The highest BCUT2D eigenvalue weighted by atomic mass is 19.4. The lowest BCUT2D eigenvalue weighted by Crippen LogP contribution is -2.52. The number of alkyl halides is 3. The van der Waals surface area contributed by atoms with E-state index in [4.69, 9.17) is 0 Å². The second-order valence-corrected chi connectivity index (χ2v) is 8.83. The maximum atomic E-state index is 15.2. The van der Waals surface area contributed by atoms with Crippen molar-refractivity contribution in [1.82, 2.24) is 9.97 Å². The molecule has 186 valence electrons. The van der Waals surface area contributed by atoms with E-state index in [9.17, 15) is 22.8 Å². The lowest BCUT2D eigenvalue weighted by atomic mass is 9.95. The van der Waals surface area contributed by atoms with Gasteiger partial charge in [-0.05, 0) is 43.3 Å². The number of carbonyl (C=O) groups is 2. The minimum absolute atomic E-state index is 0.0371. The second-order valence-electron chi connectivity index (χ2n) is 8.83. The molecule has 2 amide bonds. The fourth-order valence-electron chi connectivity index (χ4n) is 4.89. The number of amides is 2. The molecular formula is C25H21F4N5O2. The highest BCUT2D eigenvalue weighted by Crippen LogP contribution is 2.43. The number of anilines is 4. The number of benzene rings is 1. The van der Waals surface area contributed by atoms with E-state index in [1.165, 1.54) is 31.0 Å². The summed E-state index contributed by atoms with van der Waals surface area (Å²) in [4.78, 5) is 39.3. The largest absolute Gasteiger partial charge is 0.416 e. The van der Waals surface area contributed by atoms with Gasteiger partial charge in [0.2, 0.25) is 11.8 Å². The number of pyridine rings is 2. The number of para-hydroxylation sites is 1. The van der Waals surface area contributed by atoms with Crippen LogP contribution in [0.25, 0.3) is 0 Å². The SMILES string of the molecule is Cc1cc(C(F)(F)F)cc(N2C(=O)C[C@@H]3CN(c4ccccn4)c4c(F)cccc4N(C)C(=O)[C@H]32)n1. The summed E-state index contributed by atoms with van der Waals surface area (Å²) in [5.41, 5.74) is -0.526. The Balaban J connectivity index is 1.66. The van der Waals surface area contributed by atoms with Crippen molar-refractivity contribution in [2.45, 2.75) is 25.6 Å². The third-order valence-electron chi connectivity index (χ3n) is 6.47. The predicted molar refractivity (Wildman–Crippen MR) is 124 cm³/mol. The molecule has 0 spiro atoms. The molecule has 36 heavy (non-hydrogen) atoms. The summed E-state index contributed by atoms with van der Waals surface area (Å²) < 4.78 is 55.7. The van der Waals surface area contributed by atoms with Crippen LogP contribution in [0.3, 0.4) is 0 Å². The van der Waals surface area contributed by atoms with Gasteiger partial charge in [-0.2, -0.15) is 13.2 Å². The van der Waals surface area contributed by atoms with Crippen molar-refractivity contribution in [2.24, 2.45) is 5.92 Å². The topological polar surface area (TPSA) is 69.6 Å². The molecule has 5 rings (SSSR count). The second kappa shape index (κ2) is 8.58. The van der Waals surface area contributed by atoms with E-state index >= 15 is 4.39 Å². The number of likely N-dealkylation sites (N-methyl/N-ethyl adjacent to an activating group) is 1. The number of fused-ring (bicyclic) bond motifs is 2. The van der Waals surface area contributed by atoms with Crippen LogP contribution in [-0.2, 0) is 15.8 Å². The van der Waals surface area contributed by atoms with Crippen LogP contribution >= 0.6 is 0 Å². The van der Waals surface area contributed by atoms with Gasteiger partial charge in [0.15, 0.2) is 0 Å². The van der Waals surface area contributed by atoms with E-state index in [1.807, 2.05) is 0 Å². The molecule has 0 bridgehead atoms. The monoisotopic (exact) mass is 499 g/mol. The summed E-state index contributed by atoms with van der Waals surface area (Å²) in [5.74, 6) is -2.16. The Morgan fingerprint density at radius 1 is 1.03 bits per heavy atom. The smallest absolute Gasteiger partial charge is 0.322 e. The van der Waals surface area contributed by atoms with Gasteiger partial charge in [-0.15, -0.1) is 0 Å². The minimum atomic E-state index is -4.65. The van der Waals surface area contributed by atoms with Gasteiger partial charge in [-0.25, -0.2) is 14.4 Å². The van der Waals surface area contributed by atoms with Gasteiger partial charge >= 0.3 is 6.18 Å². The molecular weight excluding hydrogens is 478 g/mol. The van der Waals surface area contributed by atoms with E-state index in [2.05, 4.69) is 9.97 Å². The molecule has 4 heterocycles. The van der Waals surface area contributed by atoms with Crippen molar-refractivity contribution < 1.29 is 27.2 Å². The van der Waals surface area contributed by atoms with Crippen LogP contribution < -0.4 is 14.7 Å². The Labute approximate surface area is 204 Å². The summed E-state index contributed by atoms with van der Waals surface area (Å²) in [6.07, 6.45) is -3.24. The van der Waals surface area contributed by atoms with E-state index in [1.54, 1.807) is 35.4 Å². The highest BCUT2D eigenvalue weighted by Gasteiger charge is 2.49. The summed E-state index contributed by atoms with van der Waals surface area (Å²) in [6, 6.07) is 9.95.